The minimum Gasteiger partial charge on any atom is -0.469 e. The van der Waals surface area contributed by atoms with E-state index in [9.17, 15) is 9.90 Å². The number of benzene rings is 1. The van der Waals surface area contributed by atoms with Crippen molar-refractivity contribution in [2.45, 2.75) is 31.5 Å². The van der Waals surface area contributed by atoms with Crippen LogP contribution in [0.3, 0.4) is 0 Å². The number of fused-ring (bicyclic) bond motifs is 3. The van der Waals surface area contributed by atoms with Gasteiger partial charge in [0.15, 0.2) is 0 Å². The number of ether oxygens (including phenoxy) is 2. The zero-order valence-corrected chi connectivity index (χ0v) is 12.2. The highest BCUT2D eigenvalue weighted by Gasteiger charge is 2.43. The lowest BCUT2D eigenvalue weighted by molar-refractivity contribution is -0.157. The van der Waals surface area contributed by atoms with E-state index >= 15 is 0 Å². The maximum Gasteiger partial charge on any atom is 0.308 e. The van der Waals surface area contributed by atoms with E-state index in [4.69, 9.17) is 9.47 Å². The first-order valence-electron chi connectivity index (χ1n) is 7.11. The van der Waals surface area contributed by atoms with Crippen molar-refractivity contribution in [3.8, 4) is 0 Å². The molecule has 1 aliphatic rings. The Kier molecular flexibility index (Phi) is 3.47. The summed E-state index contributed by atoms with van der Waals surface area (Å²) in [5.74, 6) is -0.321. The molecule has 0 amide bonds. The van der Waals surface area contributed by atoms with Gasteiger partial charge in [-0.15, -0.1) is 0 Å². The second-order valence-corrected chi connectivity index (χ2v) is 5.39. The van der Waals surface area contributed by atoms with Crippen molar-refractivity contribution >= 4 is 16.9 Å². The fraction of sp³-hybridized carbons (Fsp3) is 0.438. The van der Waals surface area contributed by atoms with Crippen LogP contribution in [-0.2, 0) is 19.9 Å². The van der Waals surface area contributed by atoms with E-state index in [1.165, 1.54) is 7.11 Å². The number of aromatic nitrogens is 1. The third kappa shape index (κ3) is 2.13. The zero-order chi connectivity index (χ0) is 15.0. The molecule has 3 rings (SSSR count). The second kappa shape index (κ2) is 5.16. The quantitative estimate of drug-likeness (QED) is 0.851. The zero-order valence-electron chi connectivity index (χ0n) is 12.2. The second-order valence-electron chi connectivity index (χ2n) is 5.39. The highest BCUT2D eigenvalue weighted by Crippen LogP contribution is 2.44. The third-order valence-electron chi connectivity index (χ3n) is 4.28. The Morgan fingerprint density at radius 2 is 2.29 bits per heavy atom. The summed E-state index contributed by atoms with van der Waals surface area (Å²) in [5.41, 5.74) is 1.80. The molecule has 5 heteroatoms. The predicted molar refractivity (Wildman–Crippen MR) is 77.8 cm³/mol. The topological polar surface area (TPSA) is 71.6 Å². The molecule has 2 aromatic rings. The summed E-state index contributed by atoms with van der Waals surface area (Å²) in [4.78, 5) is 15.1. The molecule has 0 spiro atoms. The normalized spacial score (nSPS) is 24.8. The summed E-state index contributed by atoms with van der Waals surface area (Å²) < 4.78 is 10.7. The monoisotopic (exact) mass is 289 g/mol. The Bertz CT molecular complexity index is 678. The third-order valence-corrected chi connectivity index (χ3v) is 4.28. The van der Waals surface area contributed by atoms with Crippen LogP contribution in [-0.4, -0.2) is 29.8 Å². The van der Waals surface area contributed by atoms with Crippen LogP contribution >= 0.6 is 0 Å². The van der Waals surface area contributed by atoms with Gasteiger partial charge < -0.3 is 19.6 Å². The van der Waals surface area contributed by atoms with Gasteiger partial charge in [-0.2, -0.15) is 0 Å². The summed E-state index contributed by atoms with van der Waals surface area (Å²) in [6, 6.07) is 7.80. The Morgan fingerprint density at radius 1 is 1.52 bits per heavy atom. The van der Waals surface area contributed by atoms with Crippen molar-refractivity contribution in [3.63, 3.8) is 0 Å². The largest absolute Gasteiger partial charge is 0.469 e. The summed E-state index contributed by atoms with van der Waals surface area (Å²) in [6.07, 6.45) is 0.0646. The molecule has 1 aliphatic heterocycles. The van der Waals surface area contributed by atoms with Crippen molar-refractivity contribution < 1.29 is 19.4 Å². The summed E-state index contributed by atoms with van der Waals surface area (Å²) >= 11 is 0. The van der Waals surface area contributed by atoms with Gasteiger partial charge in [-0.3, -0.25) is 4.79 Å². The lowest BCUT2D eigenvalue weighted by Gasteiger charge is -2.37. The molecule has 112 valence electrons. The lowest BCUT2D eigenvalue weighted by atomic mass is 9.85. The number of aliphatic hydroxyl groups excluding tert-OH is 1. The van der Waals surface area contributed by atoms with Crippen molar-refractivity contribution in [1.82, 2.24) is 4.98 Å². The van der Waals surface area contributed by atoms with Crippen molar-refractivity contribution in [2.75, 3.05) is 13.7 Å². The van der Waals surface area contributed by atoms with Gasteiger partial charge in [-0.1, -0.05) is 25.1 Å². The van der Waals surface area contributed by atoms with Gasteiger partial charge in [0, 0.05) is 16.5 Å². The van der Waals surface area contributed by atoms with Crippen molar-refractivity contribution in [1.29, 1.82) is 0 Å². The van der Waals surface area contributed by atoms with Gasteiger partial charge in [0.2, 0.25) is 0 Å². The first-order chi connectivity index (χ1) is 10.1. The standard InChI is InChI=1S/C16H19NO4/c1-3-16(8-13(19)20-2)15-14(12(18)9-21-16)10-6-4-5-7-11(10)17-15/h4-7,12,17-18H,3,8-9H2,1-2H3. The smallest absolute Gasteiger partial charge is 0.308 e. The average Bonchev–Trinajstić information content (AvgIpc) is 2.91. The molecular weight excluding hydrogens is 270 g/mol. The Labute approximate surface area is 122 Å². The number of esters is 1. The maximum absolute atomic E-state index is 11.8. The number of hydrogen-bond donors (Lipinski definition) is 2. The fourth-order valence-corrected chi connectivity index (χ4v) is 3.11. The highest BCUT2D eigenvalue weighted by atomic mass is 16.5. The molecule has 0 saturated carbocycles. The predicted octanol–water partition coefficient (Wildman–Crippen LogP) is 2.40. The van der Waals surface area contributed by atoms with Crippen LogP contribution in [0.2, 0.25) is 0 Å². The molecule has 0 bridgehead atoms. The van der Waals surface area contributed by atoms with Gasteiger partial charge in [0.25, 0.3) is 0 Å². The van der Waals surface area contributed by atoms with Crippen LogP contribution in [0.4, 0.5) is 0 Å². The fourth-order valence-electron chi connectivity index (χ4n) is 3.11. The summed E-state index contributed by atoms with van der Waals surface area (Å²) in [6.45, 7) is 2.15. The molecule has 0 aliphatic carbocycles. The van der Waals surface area contributed by atoms with E-state index in [0.717, 1.165) is 22.2 Å². The molecule has 2 unspecified atom stereocenters. The van der Waals surface area contributed by atoms with Gasteiger partial charge >= 0.3 is 5.97 Å². The number of para-hydroxylation sites is 1. The van der Waals surface area contributed by atoms with Gasteiger partial charge in [-0.05, 0) is 12.5 Å². The van der Waals surface area contributed by atoms with Crippen LogP contribution in [0.15, 0.2) is 24.3 Å². The minimum absolute atomic E-state index is 0.131. The number of carbonyl (C=O) groups excluding carboxylic acids is 1. The molecule has 21 heavy (non-hydrogen) atoms. The first kappa shape index (κ1) is 14.1. The first-order valence-corrected chi connectivity index (χ1v) is 7.11. The number of nitrogens with one attached hydrogen (secondary N) is 1. The molecule has 5 nitrogen and oxygen atoms in total. The maximum atomic E-state index is 11.8. The van der Waals surface area contributed by atoms with Crippen LogP contribution in [0.5, 0.6) is 0 Å². The SMILES string of the molecule is CCC1(CC(=O)OC)OCC(O)c2c1[nH]c1ccccc21. The Balaban J connectivity index is 2.19. The molecule has 0 saturated heterocycles. The molecule has 2 N–H and O–H groups in total. The van der Waals surface area contributed by atoms with Crippen LogP contribution in [0.25, 0.3) is 10.9 Å². The number of methoxy groups -OCH3 is 1. The average molecular weight is 289 g/mol. The van der Waals surface area contributed by atoms with E-state index in [0.29, 0.717) is 6.42 Å². The number of rotatable bonds is 3. The molecule has 1 aromatic heterocycles. The number of H-pyrrole nitrogens is 1. The molecule has 2 atom stereocenters. The van der Waals surface area contributed by atoms with Crippen LogP contribution in [0, 0.1) is 0 Å². The van der Waals surface area contributed by atoms with Crippen LogP contribution in [0.1, 0.15) is 37.1 Å². The van der Waals surface area contributed by atoms with E-state index in [1.807, 2.05) is 31.2 Å². The van der Waals surface area contributed by atoms with E-state index in [2.05, 4.69) is 4.98 Å². The highest BCUT2D eigenvalue weighted by molar-refractivity contribution is 5.86. The summed E-state index contributed by atoms with van der Waals surface area (Å²) in [5, 5.41) is 11.3. The van der Waals surface area contributed by atoms with Gasteiger partial charge in [-0.25, -0.2) is 0 Å². The number of aromatic amines is 1. The minimum atomic E-state index is -0.763. The van der Waals surface area contributed by atoms with Crippen molar-refractivity contribution in [3.05, 3.63) is 35.5 Å². The lowest BCUT2D eigenvalue weighted by Crippen LogP contribution is -2.39. The van der Waals surface area contributed by atoms with Gasteiger partial charge in [0.1, 0.15) is 11.7 Å². The Morgan fingerprint density at radius 3 is 3.00 bits per heavy atom. The number of hydrogen-bond acceptors (Lipinski definition) is 4. The number of carbonyl (C=O) groups is 1. The van der Waals surface area contributed by atoms with Gasteiger partial charge in [0.05, 0.1) is 25.8 Å². The molecule has 1 aromatic carbocycles. The molecular formula is C16H19NO4. The molecule has 2 heterocycles. The summed E-state index contributed by atoms with van der Waals surface area (Å²) in [7, 11) is 1.37. The van der Waals surface area contributed by atoms with E-state index in [1.54, 1.807) is 0 Å². The molecule has 0 radical (unpaired) electrons. The molecule has 0 fully saturated rings. The van der Waals surface area contributed by atoms with Crippen LogP contribution < -0.4 is 0 Å². The van der Waals surface area contributed by atoms with E-state index in [-0.39, 0.29) is 19.0 Å². The number of aliphatic hydroxyl groups is 1. The Hall–Kier alpha value is -1.85. The van der Waals surface area contributed by atoms with Crippen molar-refractivity contribution in [2.24, 2.45) is 0 Å². The van der Waals surface area contributed by atoms with E-state index < -0.39 is 11.7 Å².